The molecule has 0 fully saturated rings. The summed E-state index contributed by atoms with van der Waals surface area (Å²) in [4.78, 5) is 30.5. The van der Waals surface area contributed by atoms with Gasteiger partial charge in [0, 0.05) is 12.0 Å². The summed E-state index contributed by atoms with van der Waals surface area (Å²) < 4.78 is 15.9. The molecule has 3 rings (SSSR count). The van der Waals surface area contributed by atoms with Gasteiger partial charge in [-0.2, -0.15) is 0 Å². The standard InChI is InChI=1S/C28H30N2O6/c1-18-9-13-21(14-10-18)26(30-36-5)27(31)29-22(28(32)35-4)17-19-11-15-20(16-12-19)25-23(33-2)7-6-8-24(25)34-3/h6-16,22H,17H2,1-5H3,(H,29,31)/t22-/m0/s1. The van der Waals surface area contributed by atoms with Gasteiger partial charge in [0.05, 0.1) is 26.9 Å². The molecule has 0 aliphatic rings. The monoisotopic (exact) mass is 490 g/mol. The first kappa shape index (κ1) is 26.3. The molecule has 188 valence electrons. The Balaban J connectivity index is 1.83. The lowest BCUT2D eigenvalue weighted by Crippen LogP contribution is -2.46. The van der Waals surface area contributed by atoms with Gasteiger partial charge < -0.3 is 24.4 Å². The van der Waals surface area contributed by atoms with Crippen LogP contribution in [0, 0.1) is 6.92 Å². The number of carbonyl (C=O) groups excluding carboxylic acids is 2. The van der Waals surface area contributed by atoms with Gasteiger partial charge in [-0.25, -0.2) is 4.79 Å². The van der Waals surface area contributed by atoms with E-state index in [0.717, 1.165) is 22.3 Å². The second kappa shape index (κ2) is 12.4. The Hall–Kier alpha value is -4.33. The molecule has 1 atom stereocenters. The number of carbonyl (C=O) groups is 2. The molecule has 0 aliphatic heterocycles. The van der Waals surface area contributed by atoms with Gasteiger partial charge >= 0.3 is 5.97 Å². The highest BCUT2D eigenvalue weighted by Crippen LogP contribution is 2.38. The van der Waals surface area contributed by atoms with Gasteiger partial charge in [0.15, 0.2) is 5.71 Å². The van der Waals surface area contributed by atoms with Gasteiger partial charge in [0.25, 0.3) is 5.91 Å². The molecule has 3 aromatic rings. The van der Waals surface area contributed by atoms with E-state index in [9.17, 15) is 9.59 Å². The van der Waals surface area contributed by atoms with Crippen molar-refractivity contribution in [3.8, 4) is 22.6 Å². The minimum atomic E-state index is -0.929. The summed E-state index contributed by atoms with van der Waals surface area (Å²) in [5.41, 5.74) is 4.20. The summed E-state index contributed by atoms with van der Waals surface area (Å²) in [5.74, 6) is 0.247. The van der Waals surface area contributed by atoms with E-state index in [1.54, 1.807) is 26.4 Å². The lowest BCUT2D eigenvalue weighted by Gasteiger charge is -2.18. The normalized spacial score (nSPS) is 11.9. The highest BCUT2D eigenvalue weighted by atomic mass is 16.6. The smallest absolute Gasteiger partial charge is 0.328 e. The summed E-state index contributed by atoms with van der Waals surface area (Å²) in [7, 11) is 5.85. The molecule has 0 aliphatic carbocycles. The molecule has 1 amide bonds. The van der Waals surface area contributed by atoms with Crippen molar-refractivity contribution in [2.75, 3.05) is 28.4 Å². The van der Waals surface area contributed by atoms with Crippen LogP contribution in [-0.4, -0.2) is 52.1 Å². The molecule has 0 heterocycles. The van der Waals surface area contributed by atoms with Gasteiger partial charge in [0.1, 0.15) is 24.7 Å². The number of nitrogens with zero attached hydrogens (tertiary/aromatic N) is 1. The molecule has 0 aromatic heterocycles. The zero-order valence-corrected chi connectivity index (χ0v) is 21.0. The number of methoxy groups -OCH3 is 3. The van der Waals surface area contributed by atoms with Crippen molar-refractivity contribution in [1.82, 2.24) is 5.32 Å². The summed E-state index contributed by atoms with van der Waals surface area (Å²) in [6.07, 6.45) is 0.218. The van der Waals surface area contributed by atoms with E-state index in [2.05, 4.69) is 10.5 Å². The summed E-state index contributed by atoms with van der Waals surface area (Å²) >= 11 is 0. The minimum Gasteiger partial charge on any atom is -0.496 e. The Bertz CT molecular complexity index is 1200. The number of esters is 1. The first-order valence-electron chi connectivity index (χ1n) is 11.3. The molecule has 0 unspecified atom stereocenters. The van der Waals surface area contributed by atoms with E-state index in [-0.39, 0.29) is 12.1 Å². The van der Waals surface area contributed by atoms with E-state index in [1.807, 2.05) is 61.5 Å². The minimum absolute atomic E-state index is 0.0602. The molecule has 0 saturated carbocycles. The van der Waals surface area contributed by atoms with Crippen LogP contribution in [-0.2, 0) is 25.6 Å². The molecule has 1 N–H and O–H groups in total. The van der Waals surface area contributed by atoms with Crippen molar-refractivity contribution in [3.05, 3.63) is 83.4 Å². The largest absolute Gasteiger partial charge is 0.496 e. The van der Waals surface area contributed by atoms with Gasteiger partial charge in [-0.1, -0.05) is 65.3 Å². The third-order valence-electron chi connectivity index (χ3n) is 5.62. The fourth-order valence-electron chi connectivity index (χ4n) is 3.77. The maximum Gasteiger partial charge on any atom is 0.328 e. The first-order chi connectivity index (χ1) is 17.4. The van der Waals surface area contributed by atoms with Crippen molar-refractivity contribution in [3.63, 3.8) is 0 Å². The van der Waals surface area contributed by atoms with Crippen LogP contribution in [0.5, 0.6) is 11.5 Å². The molecule has 0 bridgehead atoms. The van der Waals surface area contributed by atoms with Crippen LogP contribution in [0.1, 0.15) is 16.7 Å². The molecule has 0 spiro atoms. The van der Waals surface area contributed by atoms with Crippen LogP contribution in [0.25, 0.3) is 11.1 Å². The summed E-state index contributed by atoms with van der Waals surface area (Å²) in [5, 5.41) is 6.61. The third-order valence-corrected chi connectivity index (χ3v) is 5.62. The number of hydrogen-bond acceptors (Lipinski definition) is 7. The zero-order chi connectivity index (χ0) is 26.1. The molecular weight excluding hydrogens is 460 g/mol. The fourth-order valence-corrected chi connectivity index (χ4v) is 3.77. The van der Waals surface area contributed by atoms with Gasteiger partial charge in [-0.15, -0.1) is 0 Å². The highest BCUT2D eigenvalue weighted by Gasteiger charge is 2.25. The Kier molecular flexibility index (Phi) is 9.05. The molecule has 36 heavy (non-hydrogen) atoms. The van der Waals surface area contributed by atoms with Crippen LogP contribution < -0.4 is 14.8 Å². The molecule has 3 aromatic carbocycles. The van der Waals surface area contributed by atoms with Gasteiger partial charge in [-0.3, -0.25) is 4.79 Å². The predicted molar refractivity (Wildman–Crippen MR) is 137 cm³/mol. The van der Waals surface area contributed by atoms with E-state index in [1.165, 1.54) is 14.2 Å². The number of ether oxygens (including phenoxy) is 3. The quantitative estimate of drug-likeness (QED) is 0.263. The maximum atomic E-state index is 13.1. The maximum absolute atomic E-state index is 13.1. The second-order valence-electron chi connectivity index (χ2n) is 7.98. The Morgan fingerprint density at radius 3 is 2.00 bits per heavy atom. The van der Waals surface area contributed by atoms with E-state index >= 15 is 0 Å². The van der Waals surface area contributed by atoms with Crippen molar-refractivity contribution < 1.29 is 28.6 Å². The average Bonchev–Trinajstić information content (AvgIpc) is 2.91. The van der Waals surface area contributed by atoms with Crippen LogP contribution >= 0.6 is 0 Å². The summed E-state index contributed by atoms with van der Waals surface area (Å²) in [6.45, 7) is 1.94. The molecule has 8 heteroatoms. The van der Waals surface area contributed by atoms with E-state index in [0.29, 0.717) is 17.1 Å². The number of benzene rings is 3. The van der Waals surface area contributed by atoms with Crippen molar-refractivity contribution in [1.29, 1.82) is 0 Å². The molecule has 8 nitrogen and oxygen atoms in total. The topological polar surface area (TPSA) is 95.5 Å². The average molecular weight is 491 g/mol. The number of rotatable bonds is 10. The van der Waals surface area contributed by atoms with Gasteiger partial charge in [0.2, 0.25) is 0 Å². The lowest BCUT2D eigenvalue weighted by atomic mass is 9.99. The summed E-state index contributed by atoms with van der Waals surface area (Å²) in [6, 6.07) is 19.5. The fraction of sp³-hybridized carbons (Fsp3) is 0.250. The van der Waals surface area contributed by atoms with Crippen LogP contribution in [0.2, 0.25) is 0 Å². The third kappa shape index (κ3) is 6.21. The Labute approximate surface area is 210 Å². The number of hydrogen-bond donors (Lipinski definition) is 1. The zero-order valence-electron chi connectivity index (χ0n) is 21.0. The SMILES string of the molecule is CON=C(C(=O)N[C@@H](Cc1ccc(-c2c(OC)cccc2OC)cc1)C(=O)OC)c1ccc(C)cc1. The van der Waals surface area contributed by atoms with Crippen molar-refractivity contribution in [2.45, 2.75) is 19.4 Å². The Morgan fingerprint density at radius 2 is 1.47 bits per heavy atom. The van der Waals surface area contributed by atoms with Crippen LogP contribution in [0.15, 0.2) is 71.9 Å². The van der Waals surface area contributed by atoms with Gasteiger partial charge in [-0.05, 0) is 30.2 Å². The first-order valence-corrected chi connectivity index (χ1v) is 11.3. The molecular formula is C28H30N2O6. The van der Waals surface area contributed by atoms with Crippen LogP contribution in [0.3, 0.4) is 0 Å². The molecule has 0 saturated heterocycles. The number of nitrogens with one attached hydrogen (secondary N) is 1. The van der Waals surface area contributed by atoms with Crippen LogP contribution in [0.4, 0.5) is 0 Å². The second-order valence-corrected chi connectivity index (χ2v) is 7.98. The highest BCUT2D eigenvalue weighted by molar-refractivity contribution is 6.45. The Morgan fingerprint density at radius 1 is 0.861 bits per heavy atom. The molecule has 0 radical (unpaired) electrons. The number of amides is 1. The van der Waals surface area contributed by atoms with Crippen molar-refractivity contribution in [2.24, 2.45) is 5.16 Å². The number of oxime groups is 1. The predicted octanol–water partition coefficient (Wildman–Crippen LogP) is 3.93. The van der Waals surface area contributed by atoms with Crippen molar-refractivity contribution >= 4 is 17.6 Å². The number of aryl methyl sites for hydroxylation is 1. The van der Waals surface area contributed by atoms with E-state index < -0.39 is 17.9 Å². The van der Waals surface area contributed by atoms with E-state index in [4.69, 9.17) is 19.0 Å². The lowest BCUT2D eigenvalue weighted by molar-refractivity contribution is -0.144.